The highest BCUT2D eigenvalue weighted by molar-refractivity contribution is 8.00. The molecular weight excluding hydrogens is 404 g/mol. The van der Waals surface area contributed by atoms with E-state index in [4.69, 9.17) is 0 Å². The Morgan fingerprint density at radius 1 is 0.903 bits per heavy atom. The predicted molar refractivity (Wildman–Crippen MR) is 129 cm³/mol. The molecule has 31 heavy (non-hydrogen) atoms. The van der Waals surface area contributed by atoms with Crippen molar-refractivity contribution in [3.8, 4) is 0 Å². The van der Waals surface area contributed by atoms with Crippen LogP contribution in [0.25, 0.3) is 0 Å². The smallest absolute Gasteiger partial charge is 0.255 e. The van der Waals surface area contributed by atoms with E-state index in [9.17, 15) is 9.59 Å². The van der Waals surface area contributed by atoms with E-state index in [1.807, 2.05) is 65.6 Å². The zero-order valence-electron chi connectivity index (χ0n) is 17.8. The minimum absolute atomic E-state index is 0.0636. The fourth-order valence-corrected chi connectivity index (χ4v) is 4.85. The topological polar surface area (TPSA) is 49.4 Å². The Morgan fingerprint density at radius 2 is 1.48 bits per heavy atom. The van der Waals surface area contributed by atoms with Gasteiger partial charge >= 0.3 is 0 Å². The lowest BCUT2D eigenvalue weighted by molar-refractivity contribution is -0.115. The molecular formula is C26H26N2O2S. The van der Waals surface area contributed by atoms with Gasteiger partial charge in [0.2, 0.25) is 5.91 Å². The van der Waals surface area contributed by atoms with Gasteiger partial charge in [-0.25, -0.2) is 0 Å². The van der Waals surface area contributed by atoms with Crippen LogP contribution in [0.4, 0.5) is 11.4 Å². The lowest BCUT2D eigenvalue weighted by Gasteiger charge is -2.24. The highest BCUT2D eigenvalue weighted by atomic mass is 32.2. The number of nitrogens with zero attached hydrogens (tertiary/aromatic N) is 1. The number of rotatable bonds is 6. The van der Waals surface area contributed by atoms with Gasteiger partial charge in [-0.15, -0.1) is 11.8 Å². The Labute approximate surface area is 187 Å². The third kappa shape index (κ3) is 4.67. The van der Waals surface area contributed by atoms with Gasteiger partial charge in [0, 0.05) is 16.9 Å². The first-order valence-corrected chi connectivity index (χ1v) is 11.7. The molecule has 0 aromatic heterocycles. The Kier molecular flexibility index (Phi) is 6.42. The number of carbonyl (C=O) groups excluding carboxylic acids is 2. The second-order valence-electron chi connectivity index (χ2n) is 7.57. The van der Waals surface area contributed by atoms with Gasteiger partial charge in [0.15, 0.2) is 0 Å². The van der Waals surface area contributed by atoms with Gasteiger partial charge in [0.1, 0.15) is 5.37 Å². The Bertz CT molecular complexity index is 1060. The fraction of sp³-hybridized carbons (Fsp3) is 0.231. The molecule has 3 aromatic carbocycles. The number of carbonyl (C=O) groups is 2. The van der Waals surface area contributed by atoms with Crippen molar-refractivity contribution in [2.24, 2.45) is 0 Å². The molecule has 1 atom stereocenters. The lowest BCUT2D eigenvalue weighted by atomic mass is 10.1. The summed E-state index contributed by atoms with van der Waals surface area (Å²) in [5.41, 5.74) is 5.80. The molecule has 3 aromatic rings. The second kappa shape index (κ2) is 9.40. The average Bonchev–Trinajstić information content (AvgIpc) is 3.21. The highest BCUT2D eigenvalue weighted by Gasteiger charge is 2.33. The molecule has 1 aliphatic rings. The fourth-order valence-electron chi connectivity index (χ4n) is 3.67. The largest absolute Gasteiger partial charge is 0.322 e. The standard InChI is InChI=1S/C26H26N2O2S/c1-3-18-5-9-20(10-6-18)25(30)27-22-13-11-21(12-14-22)26-28(24(29)17-31-26)23-15-7-19(4-2)8-16-23/h5-16,26H,3-4,17H2,1-2H3,(H,27,30)/t26-/m0/s1. The summed E-state index contributed by atoms with van der Waals surface area (Å²) in [5.74, 6) is 0.456. The van der Waals surface area contributed by atoms with Gasteiger partial charge in [-0.3, -0.25) is 14.5 Å². The first kappa shape index (κ1) is 21.2. The molecule has 1 aliphatic heterocycles. The van der Waals surface area contributed by atoms with Crippen molar-refractivity contribution < 1.29 is 9.59 Å². The van der Waals surface area contributed by atoms with Crippen molar-refractivity contribution in [3.63, 3.8) is 0 Å². The molecule has 158 valence electrons. The monoisotopic (exact) mass is 430 g/mol. The van der Waals surface area contributed by atoms with E-state index >= 15 is 0 Å². The zero-order chi connectivity index (χ0) is 21.8. The molecule has 4 nitrogen and oxygen atoms in total. The van der Waals surface area contributed by atoms with Crippen LogP contribution in [0.1, 0.15) is 46.3 Å². The van der Waals surface area contributed by atoms with E-state index in [0.717, 1.165) is 29.8 Å². The summed E-state index contributed by atoms with van der Waals surface area (Å²) in [6.45, 7) is 4.21. The quantitative estimate of drug-likeness (QED) is 0.534. The Balaban J connectivity index is 1.48. The summed E-state index contributed by atoms with van der Waals surface area (Å²) < 4.78 is 0. The minimum atomic E-state index is -0.126. The summed E-state index contributed by atoms with van der Waals surface area (Å²) in [5, 5.41) is 2.89. The maximum atomic E-state index is 12.6. The highest BCUT2D eigenvalue weighted by Crippen LogP contribution is 2.42. The first-order chi connectivity index (χ1) is 15.1. The molecule has 0 spiro atoms. The van der Waals surface area contributed by atoms with Crippen molar-refractivity contribution >= 4 is 35.0 Å². The maximum Gasteiger partial charge on any atom is 0.255 e. The molecule has 0 aliphatic carbocycles. The van der Waals surface area contributed by atoms with E-state index < -0.39 is 0 Å². The van der Waals surface area contributed by atoms with Crippen molar-refractivity contribution in [1.29, 1.82) is 0 Å². The number of thioether (sulfide) groups is 1. The van der Waals surface area contributed by atoms with E-state index in [0.29, 0.717) is 11.3 Å². The van der Waals surface area contributed by atoms with Crippen molar-refractivity contribution in [2.45, 2.75) is 32.1 Å². The van der Waals surface area contributed by atoms with Crippen LogP contribution >= 0.6 is 11.8 Å². The third-order valence-corrected chi connectivity index (χ3v) is 6.78. The molecule has 5 heteroatoms. The van der Waals surface area contributed by atoms with Gasteiger partial charge in [0.25, 0.3) is 5.91 Å². The van der Waals surface area contributed by atoms with Crippen molar-refractivity contribution in [2.75, 3.05) is 16.0 Å². The van der Waals surface area contributed by atoms with Gasteiger partial charge in [-0.05, 0) is 65.9 Å². The van der Waals surface area contributed by atoms with Crippen LogP contribution < -0.4 is 10.2 Å². The van der Waals surface area contributed by atoms with E-state index in [2.05, 4.69) is 31.3 Å². The number of hydrogen-bond donors (Lipinski definition) is 1. The molecule has 0 bridgehead atoms. The lowest BCUT2D eigenvalue weighted by Crippen LogP contribution is -2.27. The normalized spacial score (nSPS) is 15.9. The van der Waals surface area contributed by atoms with Crippen molar-refractivity contribution in [3.05, 3.63) is 95.1 Å². The SMILES string of the molecule is CCc1ccc(C(=O)Nc2ccc([C@@H]3SCC(=O)N3c3ccc(CC)cc3)cc2)cc1. The van der Waals surface area contributed by atoms with Crippen LogP contribution in [-0.2, 0) is 17.6 Å². The molecule has 0 radical (unpaired) electrons. The number of aryl methyl sites for hydroxylation is 2. The number of nitrogens with one attached hydrogen (secondary N) is 1. The van der Waals surface area contributed by atoms with E-state index in [1.54, 1.807) is 11.8 Å². The van der Waals surface area contributed by atoms with Gasteiger partial charge in [-0.2, -0.15) is 0 Å². The first-order valence-electron chi connectivity index (χ1n) is 10.6. The number of amides is 2. The van der Waals surface area contributed by atoms with Gasteiger partial charge in [0.05, 0.1) is 5.75 Å². The molecule has 0 saturated carbocycles. The Morgan fingerprint density at radius 3 is 2.06 bits per heavy atom. The van der Waals surface area contributed by atoms with Crippen LogP contribution in [0.5, 0.6) is 0 Å². The molecule has 2 amide bonds. The van der Waals surface area contributed by atoms with E-state index in [-0.39, 0.29) is 17.2 Å². The molecule has 0 unspecified atom stereocenters. The molecule has 1 fully saturated rings. The van der Waals surface area contributed by atoms with E-state index in [1.165, 1.54) is 11.1 Å². The van der Waals surface area contributed by atoms with Crippen LogP contribution in [0.15, 0.2) is 72.8 Å². The van der Waals surface area contributed by atoms with Crippen LogP contribution in [0.2, 0.25) is 0 Å². The average molecular weight is 431 g/mol. The van der Waals surface area contributed by atoms with Crippen LogP contribution in [0.3, 0.4) is 0 Å². The summed E-state index contributed by atoms with van der Waals surface area (Å²) >= 11 is 1.63. The van der Waals surface area contributed by atoms with Crippen LogP contribution in [0, 0.1) is 0 Å². The molecule has 1 heterocycles. The second-order valence-corrected chi connectivity index (χ2v) is 8.64. The number of benzene rings is 3. The maximum absolute atomic E-state index is 12.6. The summed E-state index contributed by atoms with van der Waals surface area (Å²) in [6, 6.07) is 23.6. The molecule has 1 saturated heterocycles. The number of hydrogen-bond acceptors (Lipinski definition) is 3. The van der Waals surface area contributed by atoms with Crippen molar-refractivity contribution in [1.82, 2.24) is 0 Å². The molecule has 4 rings (SSSR count). The summed E-state index contributed by atoms with van der Waals surface area (Å²) in [7, 11) is 0. The third-order valence-electron chi connectivity index (χ3n) is 5.57. The minimum Gasteiger partial charge on any atom is -0.322 e. The zero-order valence-corrected chi connectivity index (χ0v) is 18.6. The summed E-state index contributed by atoms with van der Waals surface area (Å²) in [4.78, 5) is 27.0. The van der Waals surface area contributed by atoms with Gasteiger partial charge in [-0.1, -0.05) is 50.2 Å². The Hall–Kier alpha value is -3.05. The number of anilines is 2. The predicted octanol–water partition coefficient (Wildman–Crippen LogP) is 5.84. The summed E-state index contributed by atoms with van der Waals surface area (Å²) in [6.07, 6.45) is 1.92. The molecule has 1 N–H and O–H groups in total. The van der Waals surface area contributed by atoms with Crippen LogP contribution in [-0.4, -0.2) is 17.6 Å². The van der Waals surface area contributed by atoms with Gasteiger partial charge < -0.3 is 5.32 Å².